The summed E-state index contributed by atoms with van der Waals surface area (Å²) in [4.78, 5) is 0. The Kier molecular flexibility index (Phi) is 5.62. The normalized spacial score (nSPS) is 12.4. The lowest BCUT2D eigenvalue weighted by atomic mass is 10.0. The van der Waals surface area contributed by atoms with Gasteiger partial charge in [0, 0.05) is 0 Å². The van der Waals surface area contributed by atoms with Gasteiger partial charge in [0.2, 0.25) is 0 Å². The standard InChI is InChI=1S/C17H17BrClF/c1-2-3-4-12-5-7-13(8-6-12)17(19)14-9-10-15(18)16(20)11-14/h5-11,17H,2-4H2,1H3. The number of unbranched alkanes of at least 4 members (excludes halogenated alkanes) is 1. The fraction of sp³-hybridized carbons (Fsp3) is 0.294. The van der Waals surface area contributed by atoms with E-state index < -0.39 is 0 Å². The molecular formula is C17H17BrClF. The van der Waals surface area contributed by atoms with Gasteiger partial charge >= 0.3 is 0 Å². The van der Waals surface area contributed by atoms with E-state index in [4.69, 9.17) is 11.6 Å². The minimum atomic E-state index is -0.321. The van der Waals surface area contributed by atoms with Gasteiger partial charge in [-0.3, -0.25) is 0 Å². The molecule has 1 atom stereocenters. The van der Waals surface area contributed by atoms with Crippen LogP contribution in [0, 0.1) is 5.82 Å². The monoisotopic (exact) mass is 354 g/mol. The molecule has 20 heavy (non-hydrogen) atoms. The fourth-order valence-corrected chi connectivity index (χ4v) is 2.62. The zero-order chi connectivity index (χ0) is 14.5. The third-order valence-electron chi connectivity index (χ3n) is 3.33. The van der Waals surface area contributed by atoms with Gasteiger partial charge in [0.25, 0.3) is 0 Å². The highest BCUT2D eigenvalue weighted by Gasteiger charge is 2.12. The Balaban J connectivity index is 2.15. The van der Waals surface area contributed by atoms with Crippen LogP contribution in [0.5, 0.6) is 0 Å². The van der Waals surface area contributed by atoms with Crippen LogP contribution in [0.3, 0.4) is 0 Å². The first kappa shape index (κ1) is 15.5. The Hall–Kier alpha value is -0.860. The van der Waals surface area contributed by atoms with Crippen molar-refractivity contribution in [3.63, 3.8) is 0 Å². The summed E-state index contributed by atoms with van der Waals surface area (Å²) in [7, 11) is 0. The summed E-state index contributed by atoms with van der Waals surface area (Å²) in [6.07, 6.45) is 3.48. The first-order valence-corrected chi connectivity index (χ1v) is 8.02. The number of alkyl halides is 1. The molecule has 0 amide bonds. The average Bonchev–Trinajstić information content (AvgIpc) is 2.48. The summed E-state index contributed by atoms with van der Waals surface area (Å²) < 4.78 is 14.0. The van der Waals surface area contributed by atoms with Crippen LogP contribution in [0.1, 0.15) is 41.8 Å². The molecule has 0 aliphatic rings. The number of hydrogen-bond donors (Lipinski definition) is 0. The highest BCUT2D eigenvalue weighted by Crippen LogP contribution is 2.31. The number of aryl methyl sites for hydroxylation is 1. The van der Waals surface area contributed by atoms with E-state index in [1.165, 1.54) is 24.5 Å². The minimum absolute atomic E-state index is 0.285. The summed E-state index contributed by atoms with van der Waals surface area (Å²) in [6.45, 7) is 2.19. The van der Waals surface area contributed by atoms with E-state index in [1.807, 2.05) is 18.2 Å². The van der Waals surface area contributed by atoms with Crippen LogP contribution in [0.15, 0.2) is 46.9 Å². The molecule has 0 heterocycles. The molecule has 0 saturated carbocycles. The first-order chi connectivity index (χ1) is 9.61. The van der Waals surface area contributed by atoms with E-state index in [9.17, 15) is 4.39 Å². The van der Waals surface area contributed by atoms with E-state index in [2.05, 4.69) is 35.0 Å². The van der Waals surface area contributed by atoms with Crippen LogP contribution in [-0.2, 0) is 6.42 Å². The second-order valence-corrected chi connectivity index (χ2v) is 6.17. The Morgan fingerprint density at radius 2 is 1.75 bits per heavy atom. The Bertz CT molecular complexity index is 566. The summed E-state index contributed by atoms with van der Waals surface area (Å²) >= 11 is 9.58. The van der Waals surface area contributed by atoms with E-state index in [-0.39, 0.29) is 11.2 Å². The van der Waals surface area contributed by atoms with Crippen LogP contribution < -0.4 is 0 Å². The fourth-order valence-electron chi connectivity index (χ4n) is 2.10. The maximum Gasteiger partial charge on any atom is 0.137 e. The lowest BCUT2D eigenvalue weighted by molar-refractivity contribution is 0.619. The highest BCUT2D eigenvalue weighted by molar-refractivity contribution is 9.10. The maximum absolute atomic E-state index is 13.6. The van der Waals surface area contributed by atoms with Gasteiger partial charge in [0.1, 0.15) is 5.82 Å². The predicted molar refractivity (Wildman–Crippen MR) is 86.9 cm³/mol. The molecule has 106 valence electrons. The summed E-state index contributed by atoms with van der Waals surface area (Å²) in [5, 5.41) is -0.321. The topological polar surface area (TPSA) is 0 Å². The third kappa shape index (κ3) is 3.83. The minimum Gasteiger partial charge on any atom is -0.206 e. The summed E-state index contributed by atoms with van der Waals surface area (Å²) in [5.74, 6) is -0.285. The molecule has 0 aromatic heterocycles. The molecule has 0 fully saturated rings. The maximum atomic E-state index is 13.6. The van der Waals surface area contributed by atoms with Crippen LogP contribution in [-0.4, -0.2) is 0 Å². The van der Waals surface area contributed by atoms with Gasteiger partial charge in [-0.1, -0.05) is 43.7 Å². The molecule has 0 aliphatic heterocycles. The van der Waals surface area contributed by atoms with Crippen molar-refractivity contribution in [2.45, 2.75) is 31.6 Å². The molecule has 1 unspecified atom stereocenters. The van der Waals surface area contributed by atoms with E-state index in [1.54, 1.807) is 6.07 Å². The molecule has 0 spiro atoms. The largest absolute Gasteiger partial charge is 0.206 e. The first-order valence-electron chi connectivity index (χ1n) is 6.79. The summed E-state index contributed by atoms with van der Waals surface area (Å²) in [6, 6.07) is 13.3. The quantitative estimate of drug-likeness (QED) is 0.555. The van der Waals surface area contributed by atoms with Crippen LogP contribution in [0.25, 0.3) is 0 Å². The van der Waals surface area contributed by atoms with Crippen LogP contribution in [0.2, 0.25) is 0 Å². The summed E-state index contributed by atoms with van der Waals surface area (Å²) in [5.41, 5.74) is 3.09. The van der Waals surface area contributed by atoms with E-state index in [0.29, 0.717) is 4.47 Å². The van der Waals surface area contributed by atoms with Crippen molar-refractivity contribution in [3.05, 3.63) is 69.4 Å². The number of rotatable bonds is 5. The van der Waals surface area contributed by atoms with Gasteiger partial charge in [0.15, 0.2) is 0 Å². The molecule has 2 rings (SSSR count). The third-order valence-corrected chi connectivity index (χ3v) is 4.47. The zero-order valence-electron chi connectivity index (χ0n) is 11.4. The molecule has 0 N–H and O–H groups in total. The second-order valence-electron chi connectivity index (χ2n) is 4.88. The van der Waals surface area contributed by atoms with Crippen molar-refractivity contribution in [2.24, 2.45) is 0 Å². The van der Waals surface area contributed by atoms with E-state index in [0.717, 1.165) is 17.5 Å². The van der Waals surface area contributed by atoms with Crippen molar-refractivity contribution in [3.8, 4) is 0 Å². The predicted octanol–water partition coefficient (Wildman–Crippen LogP) is 6.26. The Morgan fingerprint density at radius 1 is 1.10 bits per heavy atom. The Labute approximate surface area is 133 Å². The number of hydrogen-bond acceptors (Lipinski definition) is 0. The smallest absolute Gasteiger partial charge is 0.137 e. The van der Waals surface area contributed by atoms with Gasteiger partial charge in [-0.25, -0.2) is 4.39 Å². The number of benzene rings is 2. The molecule has 0 nitrogen and oxygen atoms in total. The molecule has 3 heteroatoms. The van der Waals surface area contributed by atoms with Crippen LogP contribution in [0.4, 0.5) is 4.39 Å². The van der Waals surface area contributed by atoms with Gasteiger partial charge in [-0.2, -0.15) is 0 Å². The van der Waals surface area contributed by atoms with Gasteiger partial charge in [0.05, 0.1) is 9.85 Å². The molecule has 0 radical (unpaired) electrons. The molecule has 0 saturated heterocycles. The number of halogens is 3. The average molecular weight is 356 g/mol. The molecule has 0 aliphatic carbocycles. The van der Waals surface area contributed by atoms with Crippen molar-refractivity contribution >= 4 is 27.5 Å². The molecular weight excluding hydrogens is 339 g/mol. The van der Waals surface area contributed by atoms with E-state index >= 15 is 0 Å². The van der Waals surface area contributed by atoms with Crippen molar-refractivity contribution < 1.29 is 4.39 Å². The zero-order valence-corrected chi connectivity index (χ0v) is 13.7. The highest BCUT2D eigenvalue weighted by atomic mass is 79.9. The van der Waals surface area contributed by atoms with Crippen molar-refractivity contribution in [1.82, 2.24) is 0 Å². The Morgan fingerprint density at radius 3 is 2.35 bits per heavy atom. The molecule has 2 aromatic carbocycles. The second kappa shape index (κ2) is 7.24. The van der Waals surface area contributed by atoms with Gasteiger partial charge in [-0.15, -0.1) is 11.6 Å². The van der Waals surface area contributed by atoms with Gasteiger partial charge in [-0.05, 0) is 57.6 Å². The molecule has 0 bridgehead atoms. The SMILES string of the molecule is CCCCc1ccc(C(Cl)c2ccc(Br)c(F)c2)cc1. The molecule has 2 aromatic rings. The lowest BCUT2D eigenvalue weighted by Crippen LogP contribution is -1.95. The lowest BCUT2D eigenvalue weighted by Gasteiger charge is -2.12. The van der Waals surface area contributed by atoms with Crippen molar-refractivity contribution in [1.29, 1.82) is 0 Å². The van der Waals surface area contributed by atoms with Crippen LogP contribution >= 0.6 is 27.5 Å². The van der Waals surface area contributed by atoms with Crippen molar-refractivity contribution in [2.75, 3.05) is 0 Å². The van der Waals surface area contributed by atoms with Gasteiger partial charge < -0.3 is 0 Å².